The van der Waals surface area contributed by atoms with Gasteiger partial charge in [-0.2, -0.15) is 0 Å². The minimum atomic E-state index is -1.05. The highest BCUT2D eigenvalue weighted by Crippen LogP contribution is 2.18. The molecule has 1 aliphatic heterocycles. The fourth-order valence-electron chi connectivity index (χ4n) is 2.59. The zero-order chi connectivity index (χ0) is 15.4. The summed E-state index contributed by atoms with van der Waals surface area (Å²) in [5.74, 6) is -1.92. The lowest BCUT2D eigenvalue weighted by atomic mass is 9.96. The van der Waals surface area contributed by atoms with Crippen LogP contribution >= 0.6 is 0 Å². The highest BCUT2D eigenvalue weighted by Gasteiger charge is 2.27. The van der Waals surface area contributed by atoms with Crippen LogP contribution in [0.4, 0.5) is 0 Å². The van der Waals surface area contributed by atoms with Crippen molar-refractivity contribution in [1.29, 1.82) is 0 Å². The highest BCUT2D eigenvalue weighted by atomic mass is 16.4. The van der Waals surface area contributed by atoms with Crippen molar-refractivity contribution in [2.24, 2.45) is 11.7 Å². The van der Waals surface area contributed by atoms with Gasteiger partial charge >= 0.3 is 5.97 Å². The number of aromatic carboxylic acids is 1. The smallest absolute Gasteiger partial charge is 0.335 e. The molecule has 21 heavy (non-hydrogen) atoms. The minimum Gasteiger partial charge on any atom is -0.478 e. The van der Waals surface area contributed by atoms with Crippen LogP contribution in [0.15, 0.2) is 24.3 Å². The van der Waals surface area contributed by atoms with Crippen LogP contribution in [-0.4, -0.2) is 40.9 Å². The van der Waals surface area contributed by atoms with E-state index < -0.39 is 11.9 Å². The van der Waals surface area contributed by atoms with Crippen LogP contribution in [0.25, 0.3) is 0 Å². The molecule has 3 N–H and O–H groups in total. The second-order valence-electron chi connectivity index (χ2n) is 5.22. The molecule has 1 unspecified atom stereocenters. The number of hydrogen-bond acceptors (Lipinski definition) is 3. The Bertz CT molecular complexity index is 571. The highest BCUT2D eigenvalue weighted by molar-refractivity contribution is 5.91. The Hall–Kier alpha value is -2.37. The van der Waals surface area contributed by atoms with Gasteiger partial charge in [-0.3, -0.25) is 9.59 Å². The number of hydrogen-bond donors (Lipinski definition) is 2. The third kappa shape index (κ3) is 3.59. The van der Waals surface area contributed by atoms with Crippen molar-refractivity contribution in [2.45, 2.75) is 19.3 Å². The Kier molecular flexibility index (Phi) is 4.57. The lowest BCUT2D eigenvalue weighted by molar-refractivity contribution is -0.134. The molecule has 0 aromatic heterocycles. The fraction of sp³-hybridized carbons (Fsp3) is 0.400. The predicted molar refractivity (Wildman–Crippen MR) is 75.6 cm³/mol. The molecule has 2 amide bonds. The number of nitrogens with zero attached hydrogens (tertiary/aromatic N) is 1. The Morgan fingerprint density at radius 2 is 2.00 bits per heavy atom. The van der Waals surface area contributed by atoms with Gasteiger partial charge in [0.15, 0.2) is 0 Å². The van der Waals surface area contributed by atoms with E-state index in [2.05, 4.69) is 0 Å². The standard InChI is InChI=1S/C15H18N2O4/c16-14(19)11-5-3-7-17(9-11)13(18)8-10-4-1-2-6-12(10)15(20)21/h1-2,4,6,11H,3,5,7-9H2,(H2,16,19)(H,20,21). The average molecular weight is 290 g/mol. The van der Waals surface area contributed by atoms with Crippen molar-refractivity contribution in [3.05, 3.63) is 35.4 Å². The van der Waals surface area contributed by atoms with Gasteiger partial charge in [-0.05, 0) is 24.5 Å². The Morgan fingerprint density at radius 3 is 2.67 bits per heavy atom. The third-order valence-corrected chi connectivity index (χ3v) is 3.77. The molecule has 0 aliphatic carbocycles. The molecular formula is C15H18N2O4. The van der Waals surface area contributed by atoms with E-state index in [1.54, 1.807) is 23.1 Å². The number of nitrogens with two attached hydrogens (primary N) is 1. The van der Waals surface area contributed by atoms with Crippen molar-refractivity contribution in [1.82, 2.24) is 4.90 Å². The number of carboxylic acids is 1. The van der Waals surface area contributed by atoms with Gasteiger partial charge in [-0.1, -0.05) is 18.2 Å². The van der Waals surface area contributed by atoms with Crippen LogP contribution in [0.5, 0.6) is 0 Å². The molecule has 1 aromatic carbocycles. The molecule has 6 nitrogen and oxygen atoms in total. The summed E-state index contributed by atoms with van der Waals surface area (Å²) in [5.41, 5.74) is 5.91. The third-order valence-electron chi connectivity index (χ3n) is 3.77. The van der Waals surface area contributed by atoms with Gasteiger partial charge in [0.05, 0.1) is 17.9 Å². The van der Waals surface area contributed by atoms with Gasteiger partial charge in [0.2, 0.25) is 11.8 Å². The van der Waals surface area contributed by atoms with E-state index >= 15 is 0 Å². The van der Waals surface area contributed by atoms with Crippen molar-refractivity contribution in [3.63, 3.8) is 0 Å². The van der Waals surface area contributed by atoms with Gasteiger partial charge in [0.1, 0.15) is 0 Å². The fourth-order valence-corrected chi connectivity index (χ4v) is 2.59. The number of carbonyl (C=O) groups excluding carboxylic acids is 2. The summed E-state index contributed by atoms with van der Waals surface area (Å²) in [5, 5.41) is 9.12. The summed E-state index contributed by atoms with van der Waals surface area (Å²) >= 11 is 0. The van der Waals surface area contributed by atoms with Gasteiger partial charge < -0.3 is 15.7 Å². The van der Waals surface area contributed by atoms with E-state index in [4.69, 9.17) is 10.8 Å². The number of carbonyl (C=O) groups is 3. The summed E-state index contributed by atoms with van der Waals surface area (Å²) in [6.45, 7) is 0.904. The van der Waals surface area contributed by atoms with E-state index in [0.29, 0.717) is 25.1 Å². The van der Waals surface area contributed by atoms with Crippen LogP contribution in [0, 0.1) is 5.92 Å². The second kappa shape index (κ2) is 6.39. The normalized spacial score (nSPS) is 18.3. The number of carboxylic acid groups (broad SMARTS) is 1. The topological polar surface area (TPSA) is 101 Å². The first kappa shape index (κ1) is 15.0. The summed E-state index contributed by atoms with van der Waals surface area (Å²) in [4.78, 5) is 36.3. The summed E-state index contributed by atoms with van der Waals surface area (Å²) in [6, 6.07) is 6.45. The Labute approximate surface area is 122 Å². The van der Waals surface area contributed by atoms with E-state index in [1.807, 2.05) is 0 Å². The zero-order valence-corrected chi connectivity index (χ0v) is 11.6. The van der Waals surface area contributed by atoms with E-state index in [-0.39, 0.29) is 23.8 Å². The Balaban J connectivity index is 2.08. The van der Waals surface area contributed by atoms with Crippen LogP contribution in [0.1, 0.15) is 28.8 Å². The van der Waals surface area contributed by atoms with Crippen molar-refractivity contribution in [3.8, 4) is 0 Å². The molecule has 0 saturated carbocycles. The maximum absolute atomic E-state index is 12.3. The first-order chi connectivity index (χ1) is 9.99. The molecule has 112 valence electrons. The molecule has 1 fully saturated rings. The second-order valence-corrected chi connectivity index (χ2v) is 5.22. The molecule has 6 heteroatoms. The molecular weight excluding hydrogens is 272 g/mol. The maximum Gasteiger partial charge on any atom is 0.335 e. The van der Waals surface area contributed by atoms with Gasteiger partial charge in [-0.15, -0.1) is 0 Å². The van der Waals surface area contributed by atoms with Crippen molar-refractivity contribution < 1.29 is 19.5 Å². The van der Waals surface area contributed by atoms with Crippen LogP contribution in [-0.2, 0) is 16.0 Å². The number of rotatable bonds is 4. The summed E-state index contributed by atoms with van der Waals surface area (Å²) < 4.78 is 0. The summed E-state index contributed by atoms with van der Waals surface area (Å²) in [6.07, 6.45) is 1.46. The molecule has 1 saturated heterocycles. The molecule has 0 spiro atoms. The molecule has 0 bridgehead atoms. The predicted octanol–water partition coefficient (Wildman–Crippen LogP) is 0.651. The number of benzene rings is 1. The molecule has 1 heterocycles. The first-order valence-electron chi connectivity index (χ1n) is 6.87. The van der Waals surface area contributed by atoms with Crippen molar-refractivity contribution in [2.75, 3.05) is 13.1 Å². The SMILES string of the molecule is NC(=O)C1CCCN(C(=O)Cc2ccccc2C(=O)O)C1. The lowest BCUT2D eigenvalue weighted by Gasteiger charge is -2.31. The summed E-state index contributed by atoms with van der Waals surface area (Å²) in [7, 11) is 0. The largest absolute Gasteiger partial charge is 0.478 e. The van der Waals surface area contributed by atoms with Crippen LogP contribution in [0.2, 0.25) is 0 Å². The van der Waals surface area contributed by atoms with Crippen LogP contribution < -0.4 is 5.73 Å². The molecule has 1 aliphatic rings. The maximum atomic E-state index is 12.3. The molecule has 1 atom stereocenters. The minimum absolute atomic E-state index is 0.0218. The zero-order valence-electron chi connectivity index (χ0n) is 11.6. The monoisotopic (exact) mass is 290 g/mol. The van der Waals surface area contributed by atoms with E-state index in [0.717, 1.165) is 6.42 Å². The van der Waals surface area contributed by atoms with Crippen molar-refractivity contribution >= 4 is 17.8 Å². The number of amides is 2. The first-order valence-corrected chi connectivity index (χ1v) is 6.87. The number of primary amides is 1. The average Bonchev–Trinajstić information content (AvgIpc) is 2.47. The van der Waals surface area contributed by atoms with Gasteiger partial charge in [-0.25, -0.2) is 4.79 Å². The number of likely N-dealkylation sites (tertiary alicyclic amines) is 1. The quantitative estimate of drug-likeness (QED) is 0.850. The molecule has 2 rings (SSSR count). The van der Waals surface area contributed by atoms with Crippen LogP contribution in [0.3, 0.4) is 0 Å². The lowest BCUT2D eigenvalue weighted by Crippen LogP contribution is -2.44. The van der Waals surface area contributed by atoms with E-state index in [9.17, 15) is 14.4 Å². The molecule has 1 aromatic rings. The Morgan fingerprint density at radius 1 is 1.29 bits per heavy atom. The van der Waals surface area contributed by atoms with E-state index in [1.165, 1.54) is 6.07 Å². The van der Waals surface area contributed by atoms with Gasteiger partial charge in [0, 0.05) is 13.1 Å². The number of piperidine rings is 1. The van der Waals surface area contributed by atoms with Gasteiger partial charge in [0.25, 0.3) is 0 Å². The molecule has 0 radical (unpaired) electrons.